The molecule has 0 amide bonds. The number of halogens is 2. The summed E-state index contributed by atoms with van der Waals surface area (Å²) in [5.41, 5.74) is 10.4. The van der Waals surface area contributed by atoms with Gasteiger partial charge in [-0.15, -0.1) is 0 Å². The Morgan fingerprint density at radius 2 is 1.80 bits per heavy atom. The molecule has 228 valence electrons. The Labute approximate surface area is 253 Å². The van der Waals surface area contributed by atoms with Gasteiger partial charge in [-0.3, -0.25) is 9.62 Å². The number of nitrogens with two attached hydrogens (primary N) is 1. The first kappa shape index (κ1) is 29.5. The average molecular weight is 621 g/mol. The van der Waals surface area contributed by atoms with Gasteiger partial charge >= 0.3 is 0 Å². The maximum Gasteiger partial charge on any atom is 0.264 e. The highest BCUT2D eigenvalue weighted by Crippen LogP contribution is 2.34. The maximum atomic E-state index is 14.3. The molecule has 2 aromatic heterocycles. The summed E-state index contributed by atoms with van der Waals surface area (Å²) in [5.74, 6) is -1.76. The van der Waals surface area contributed by atoms with E-state index in [1.807, 2.05) is 41.0 Å². The van der Waals surface area contributed by atoms with Crippen molar-refractivity contribution in [2.24, 2.45) is 0 Å². The third kappa shape index (κ3) is 5.94. The van der Waals surface area contributed by atoms with E-state index in [0.29, 0.717) is 48.4 Å². The summed E-state index contributed by atoms with van der Waals surface area (Å²) in [6.45, 7) is 3.42. The Morgan fingerprint density at radius 3 is 2.52 bits per heavy atom. The van der Waals surface area contributed by atoms with Crippen LogP contribution in [0.4, 0.5) is 20.4 Å². The fraction of sp³-hybridized carbons (Fsp3) is 0.226. The van der Waals surface area contributed by atoms with Crippen LogP contribution in [0.15, 0.2) is 83.9 Å². The van der Waals surface area contributed by atoms with Crippen LogP contribution in [0.3, 0.4) is 0 Å². The van der Waals surface area contributed by atoms with Crippen LogP contribution in [0, 0.1) is 11.6 Å². The number of imidazole rings is 1. The van der Waals surface area contributed by atoms with Crippen LogP contribution in [0.2, 0.25) is 0 Å². The molecule has 6 rings (SSSR count). The van der Waals surface area contributed by atoms with Crippen LogP contribution in [-0.4, -0.2) is 61.3 Å². The summed E-state index contributed by atoms with van der Waals surface area (Å²) in [5, 5.41) is 0. The number of sulfonamides is 1. The molecule has 3 N–H and O–H groups in total. The van der Waals surface area contributed by atoms with Gasteiger partial charge < -0.3 is 19.8 Å². The molecule has 10 nitrogen and oxygen atoms in total. The van der Waals surface area contributed by atoms with Crippen molar-refractivity contribution < 1.29 is 26.7 Å². The van der Waals surface area contributed by atoms with Crippen molar-refractivity contribution in [3.8, 4) is 17.0 Å². The zero-order valence-corrected chi connectivity index (χ0v) is 24.6. The van der Waals surface area contributed by atoms with Crippen molar-refractivity contribution in [2.45, 2.75) is 17.5 Å². The molecule has 44 heavy (non-hydrogen) atoms. The van der Waals surface area contributed by atoms with E-state index in [-0.39, 0.29) is 17.6 Å². The summed E-state index contributed by atoms with van der Waals surface area (Å²) in [4.78, 5) is 10.5. The zero-order chi connectivity index (χ0) is 30.8. The summed E-state index contributed by atoms with van der Waals surface area (Å²) >= 11 is 0. The van der Waals surface area contributed by atoms with Crippen molar-refractivity contribution in [3.63, 3.8) is 0 Å². The maximum absolute atomic E-state index is 14.3. The molecule has 3 aromatic carbocycles. The number of pyridine rings is 1. The topological polar surface area (TPSA) is 125 Å². The van der Waals surface area contributed by atoms with Crippen LogP contribution in [0.25, 0.3) is 22.2 Å². The lowest BCUT2D eigenvalue weighted by Crippen LogP contribution is -2.40. The van der Waals surface area contributed by atoms with Gasteiger partial charge in [-0.25, -0.2) is 27.2 Å². The fourth-order valence-corrected chi connectivity index (χ4v) is 6.53. The van der Waals surface area contributed by atoms with Crippen molar-refractivity contribution in [3.05, 3.63) is 96.2 Å². The number of rotatable bonds is 9. The molecule has 1 atom stereocenters. The minimum Gasteiger partial charge on any atom is -0.480 e. The van der Waals surface area contributed by atoms with E-state index in [4.69, 9.17) is 15.2 Å². The van der Waals surface area contributed by atoms with Gasteiger partial charge in [0, 0.05) is 37.5 Å². The third-order valence-electron chi connectivity index (χ3n) is 7.61. The quantitative estimate of drug-likeness (QED) is 0.240. The van der Waals surface area contributed by atoms with Crippen LogP contribution in [0.5, 0.6) is 5.88 Å². The predicted octanol–water partition coefficient (Wildman–Crippen LogP) is 4.84. The van der Waals surface area contributed by atoms with Crippen molar-refractivity contribution >= 4 is 32.7 Å². The van der Waals surface area contributed by atoms with Crippen LogP contribution >= 0.6 is 0 Å². The highest BCUT2D eigenvalue weighted by molar-refractivity contribution is 7.92. The van der Waals surface area contributed by atoms with Gasteiger partial charge in [0.2, 0.25) is 11.8 Å². The molecular formula is C31H30F2N6O4S. The highest BCUT2D eigenvalue weighted by atomic mass is 32.2. The smallest absolute Gasteiger partial charge is 0.264 e. The number of ether oxygens (including phenoxy) is 2. The largest absolute Gasteiger partial charge is 0.480 e. The number of hydrogen-bond donors (Lipinski definition) is 2. The molecule has 1 aliphatic heterocycles. The number of nitrogen functional groups attached to an aromatic ring is 1. The molecule has 0 spiro atoms. The van der Waals surface area contributed by atoms with E-state index >= 15 is 0 Å². The van der Waals surface area contributed by atoms with Crippen LogP contribution < -0.4 is 15.2 Å². The number of hydrogen-bond acceptors (Lipinski definition) is 8. The Balaban J connectivity index is 1.36. The van der Waals surface area contributed by atoms with E-state index in [1.165, 1.54) is 13.2 Å². The first-order valence-corrected chi connectivity index (χ1v) is 15.4. The zero-order valence-electron chi connectivity index (χ0n) is 23.8. The van der Waals surface area contributed by atoms with Gasteiger partial charge in [0.1, 0.15) is 22.2 Å². The second-order valence-corrected chi connectivity index (χ2v) is 12.0. The molecule has 1 aliphatic rings. The molecule has 0 aliphatic carbocycles. The number of fused-ring (bicyclic) bond motifs is 1. The van der Waals surface area contributed by atoms with Crippen molar-refractivity contribution in [1.82, 2.24) is 19.4 Å². The Hall–Kier alpha value is -4.59. The van der Waals surface area contributed by atoms with E-state index in [1.54, 1.807) is 6.20 Å². The SMILES string of the molecule is COc1ncc(-c2ccc3nc(N)n(CC(c4ccccc4)N4CCOCC4)c3c2)cc1NS(=O)(=O)c1ccc(F)cc1F. The number of nitrogens with zero attached hydrogens (tertiary/aromatic N) is 4. The minimum atomic E-state index is -4.44. The molecule has 0 radical (unpaired) electrons. The molecule has 1 saturated heterocycles. The standard InChI is InChI=1S/C31H30F2N6O4S/c1-42-30-26(37-44(40,41)29-10-8-23(32)17-24(29)33)15-22(18-35-30)21-7-9-25-27(16-21)39(31(34)36-25)19-28(20-5-3-2-4-6-20)38-11-13-43-14-12-38/h2-10,15-18,28,37H,11-14,19H2,1H3,(H2,34,36). The number of nitrogens with one attached hydrogen (secondary N) is 1. The summed E-state index contributed by atoms with van der Waals surface area (Å²) in [6.07, 6.45) is 1.54. The van der Waals surface area contributed by atoms with E-state index in [2.05, 4.69) is 31.7 Å². The Kier molecular flexibility index (Phi) is 8.17. The molecule has 0 bridgehead atoms. The van der Waals surface area contributed by atoms with Gasteiger partial charge in [0.05, 0.1) is 37.4 Å². The summed E-state index contributed by atoms with van der Waals surface area (Å²) in [7, 11) is -3.10. The molecule has 3 heterocycles. The van der Waals surface area contributed by atoms with Gasteiger partial charge in [-0.1, -0.05) is 36.4 Å². The number of benzene rings is 3. The van der Waals surface area contributed by atoms with Gasteiger partial charge in [0.15, 0.2) is 0 Å². The number of morpholine rings is 1. The average Bonchev–Trinajstić information content (AvgIpc) is 3.33. The van der Waals surface area contributed by atoms with Crippen LogP contribution in [0.1, 0.15) is 11.6 Å². The molecule has 5 aromatic rings. The van der Waals surface area contributed by atoms with E-state index < -0.39 is 26.6 Å². The number of methoxy groups -OCH3 is 1. The third-order valence-corrected chi connectivity index (χ3v) is 9.01. The van der Waals surface area contributed by atoms with E-state index in [9.17, 15) is 17.2 Å². The Morgan fingerprint density at radius 1 is 1.02 bits per heavy atom. The molecule has 1 fully saturated rings. The monoisotopic (exact) mass is 620 g/mol. The first-order valence-electron chi connectivity index (χ1n) is 13.9. The van der Waals surface area contributed by atoms with E-state index in [0.717, 1.165) is 36.3 Å². The van der Waals surface area contributed by atoms with Crippen molar-refractivity contribution in [2.75, 3.05) is 43.9 Å². The second-order valence-electron chi connectivity index (χ2n) is 10.3. The molecule has 0 saturated carbocycles. The first-order chi connectivity index (χ1) is 21.2. The number of aromatic nitrogens is 3. The van der Waals surface area contributed by atoms with Crippen LogP contribution in [-0.2, 0) is 21.3 Å². The lowest BCUT2D eigenvalue weighted by atomic mass is 10.0. The lowest BCUT2D eigenvalue weighted by Gasteiger charge is -2.35. The van der Waals surface area contributed by atoms with Gasteiger partial charge in [-0.2, -0.15) is 0 Å². The van der Waals surface area contributed by atoms with Gasteiger partial charge in [0.25, 0.3) is 10.0 Å². The summed E-state index contributed by atoms with van der Waals surface area (Å²) in [6, 6.07) is 19.6. The van der Waals surface area contributed by atoms with Crippen molar-refractivity contribution in [1.29, 1.82) is 0 Å². The molecule has 1 unspecified atom stereocenters. The lowest BCUT2D eigenvalue weighted by molar-refractivity contribution is 0.0127. The second kappa shape index (κ2) is 12.2. The fourth-order valence-electron chi connectivity index (χ4n) is 5.42. The normalized spacial score (nSPS) is 14.9. The molecule has 13 heteroatoms. The highest BCUT2D eigenvalue weighted by Gasteiger charge is 2.26. The minimum absolute atomic E-state index is 0.0155. The Bertz CT molecular complexity index is 1910. The number of anilines is 2. The van der Waals surface area contributed by atoms with Gasteiger partial charge in [-0.05, 0) is 41.5 Å². The predicted molar refractivity (Wildman–Crippen MR) is 163 cm³/mol. The summed E-state index contributed by atoms with van der Waals surface area (Å²) < 4.78 is 69.0. The molecular weight excluding hydrogens is 590 g/mol.